The van der Waals surface area contributed by atoms with E-state index in [0.717, 1.165) is 6.54 Å². The Morgan fingerprint density at radius 2 is 2.06 bits per heavy atom. The molecule has 0 aliphatic heterocycles. The maximum Gasteiger partial charge on any atom is 0.0897 e. The maximum absolute atomic E-state index is 9.37. The molecule has 0 amide bonds. The fourth-order valence-electron chi connectivity index (χ4n) is 2.52. The zero-order chi connectivity index (χ0) is 12.3. The number of likely N-dealkylation sites (N-methyl/N-ethyl adjacent to an activating group) is 1. The van der Waals surface area contributed by atoms with Gasteiger partial charge in [0.1, 0.15) is 0 Å². The number of hydrogen-bond acceptors (Lipinski definition) is 3. The molecule has 0 heterocycles. The molecular formula is C14H21NO2. The van der Waals surface area contributed by atoms with Crippen LogP contribution in [-0.2, 0) is 19.4 Å². The van der Waals surface area contributed by atoms with Crippen molar-refractivity contribution in [2.45, 2.75) is 31.9 Å². The van der Waals surface area contributed by atoms with E-state index in [1.165, 1.54) is 36.0 Å². The zero-order valence-electron chi connectivity index (χ0n) is 10.4. The third-order valence-electron chi connectivity index (χ3n) is 3.35. The Morgan fingerprint density at radius 1 is 1.29 bits per heavy atom. The first-order valence-electron chi connectivity index (χ1n) is 6.27. The second kappa shape index (κ2) is 5.63. The van der Waals surface area contributed by atoms with Crippen LogP contribution in [0.5, 0.6) is 0 Å². The molecule has 1 atom stereocenters. The first kappa shape index (κ1) is 12.6. The topological polar surface area (TPSA) is 43.7 Å². The van der Waals surface area contributed by atoms with E-state index in [1.54, 1.807) is 0 Å². The van der Waals surface area contributed by atoms with Gasteiger partial charge < -0.3 is 10.2 Å². The van der Waals surface area contributed by atoms with Crippen molar-refractivity contribution in [3.63, 3.8) is 0 Å². The maximum atomic E-state index is 9.37. The summed E-state index contributed by atoms with van der Waals surface area (Å²) in [7, 11) is 1.96. The first-order chi connectivity index (χ1) is 8.19. The van der Waals surface area contributed by atoms with Crippen molar-refractivity contribution < 1.29 is 10.2 Å². The second-order valence-electron chi connectivity index (χ2n) is 4.99. The van der Waals surface area contributed by atoms with Gasteiger partial charge in [0.25, 0.3) is 0 Å². The Morgan fingerprint density at radius 3 is 2.82 bits per heavy atom. The van der Waals surface area contributed by atoms with Gasteiger partial charge in [-0.2, -0.15) is 0 Å². The molecule has 0 aromatic heterocycles. The molecule has 17 heavy (non-hydrogen) atoms. The summed E-state index contributed by atoms with van der Waals surface area (Å²) < 4.78 is 0. The number of benzene rings is 1. The zero-order valence-corrected chi connectivity index (χ0v) is 10.4. The van der Waals surface area contributed by atoms with Crippen LogP contribution in [0.2, 0.25) is 0 Å². The molecule has 0 spiro atoms. The van der Waals surface area contributed by atoms with Crippen LogP contribution in [0.25, 0.3) is 0 Å². The SMILES string of the molecule is CN(Cc1ccc2c(c1)CCC2)CC(O)CO. The quantitative estimate of drug-likeness (QED) is 0.799. The Bertz CT molecular complexity index is 378. The highest BCUT2D eigenvalue weighted by molar-refractivity contribution is 5.35. The molecule has 3 heteroatoms. The number of aryl methyl sites for hydroxylation is 2. The smallest absolute Gasteiger partial charge is 0.0897 e. The lowest BCUT2D eigenvalue weighted by Crippen LogP contribution is -2.30. The van der Waals surface area contributed by atoms with E-state index in [2.05, 4.69) is 18.2 Å². The van der Waals surface area contributed by atoms with Gasteiger partial charge in [-0.1, -0.05) is 18.2 Å². The molecule has 1 aromatic rings. The van der Waals surface area contributed by atoms with Gasteiger partial charge in [-0.3, -0.25) is 4.90 Å². The van der Waals surface area contributed by atoms with Gasteiger partial charge in [-0.25, -0.2) is 0 Å². The predicted molar refractivity (Wildman–Crippen MR) is 67.9 cm³/mol. The standard InChI is InChI=1S/C14H21NO2/c1-15(9-14(17)10-16)8-11-5-6-12-3-2-4-13(12)7-11/h5-7,14,16-17H,2-4,8-10H2,1H3. The van der Waals surface area contributed by atoms with Gasteiger partial charge >= 0.3 is 0 Å². The van der Waals surface area contributed by atoms with Gasteiger partial charge in [-0.15, -0.1) is 0 Å². The van der Waals surface area contributed by atoms with Crippen molar-refractivity contribution in [3.8, 4) is 0 Å². The van der Waals surface area contributed by atoms with Gasteiger partial charge in [0, 0.05) is 13.1 Å². The third-order valence-corrected chi connectivity index (χ3v) is 3.35. The molecule has 1 aliphatic rings. The molecule has 0 saturated heterocycles. The minimum absolute atomic E-state index is 0.172. The lowest BCUT2D eigenvalue weighted by Gasteiger charge is -2.19. The minimum atomic E-state index is -0.644. The minimum Gasteiger partial charge on any atom is -0.394 e. The van der Waals surface area contributed by atoms with Crippen LogP contribution < -0.4 is 0 Å². The van der Waals surface area contributed by atoms with Crippen molar-refractivity contribution >= 4 is 0 Å². The summed E-state index contributed by atoms with van der Waals surface area (Å²) in [4.78, 5) is 2.04. The normalized spacial score (nSPS) is 16.2. The molecule has 0 bridgehead atoms. The van der Waals surface area contributed by atoms with Crippen LogP contribution in [0.1, 0.15) is 23.1 Å². The lowest BCUT2D eigenvalue weighted by atomic mass is 10.1. The van der Waals surface area contributed by atoms with Crippen molar-refractivity contribution in [3.05, 3.63) is 34.9 Å². The lowest BCUT2D eigenvalue weighted by molar-refractivity contribution is 0.0648. The van der Waals surface area contributed by atoms with E-state index in [-0.39, 0.29) is 6.61 Å². The molecule has 2 N–H and O–H groups in total. The van der Waals surface area contributed by atoms with Crippen molar-refractivity contribution in [1.82, 2.24) is 4.90 Å². The summed E-state index contributed by atoms with van der Waals surface area (Å²) in [5, 5.41) is 18.2. The number of fused-ring (bicyclic) bond motifs is 1. The molecule has 1 unspecified atom stereocenters. The molecule has 94 valence electrons. The third kappa shape index (κ3) is 3.28. The predicted octanol–water partition coefficient (Wildman–Crippen LogP) is 0.960. The van der Waals surface area contributed by atoms with E-state index >= 15 is 0 Å². The van der Waals surface area contributed by atoms with E-state index in [1.807, 2.05) is 11.9 Å². The van der Waals surface area contributed by atoms with Crippen LogP contribution in [0.3, 0.4) is 0 Å². The largest absolute Gasteiger partial charge is 0.394 e. The van der Waals surface area contributed by atoms with Crippen LogP contribution in [0.4, 0.5) is 0 Å². The van der Waals surface area contributed by atoms with E-state index in [9.17, 15) is 5.11 Å². The monoisotopic (exact) mass is 235 g/mol. The summed E-state index contributed by atoms with van der Waals surface area (Å²) >= 11 is 0. The molecular weight excluding hydrogens is 214 g/mol. The van der Waals surface area contributed by atoms with Crippen LogP contribution >= 0.6 is 0 Å². The first-order valence-corrected chi connectivity index (χ1v) is 6.27. The van der Waals surface area contributed by atoms with Crippen molar-refractivity contribution in [1.29, 1.82) is 0 Å². The van der Waals surface area contributed by atoms with E-state index in [4.69, 9.17) is 5.11 Å². The van der Waals surface area contributed by atoms with Crippen LogP contribution in [0.15, 0.2) is 18.2 Å². The summed E-state index contributed by atoms with van der Waals surface area (Å²) in [6.07, 6.45) is 3.05. The van der Waals surface area contributed by atoms with Crippen LogP contribution in [0, 0.1) is 0 Å². The highest BCUT2D eigenvalue weighted by Gasteiger charge is 2.12. The Labute approximate surface area is 103 Å². The molecule has 2 rings (SSSR count). The van der Waals surface area contributed by atoms with Gasteiger partial charge in [0.05, 0.1) is 12.7 Å². The average molecular weight is 235 g/mol. The highest BCUT2D eigenvalue weighted by atomic mass is 16.3. The average Bonchev–Trinajstić information content (AvgIpc) is 2.75. The van der Waals surface area contributed by atoms with Crippen molar-refractivity contribution in [2.24, 2.45) is 0 Å². The Balaban J connectivity index is 1.94. The molecule has 1 aromatic carbocycles. The number of rotatable bonds is 5. The second-order valence-corrected chi connectivity index (χ2v) is 4.99. The number of aliphatic hydroxyl groups excluding tert-OH is 2. The van der Waals surface area contributed by atoms with Gasteiger partial charge in [0.15, 0.2) is 0 Å². The van der Waals surface area contributed by atoms with E-state index in [0.29, 0.717) is 6.54 Å². The summed E-state index contributed by atoms with van der Waals surface area (Å²) in [6, 6.07) is 6.68. The number of aliphatic hydroxyl groups is 2. The highest BCUT2D eigenvalue weighted by Crippen LogP contribution is 2.23. The summed E-state index contributed by atoms with van der Waals surface area (Å²) in [6.45, 7) is 1.16. The molecule has 3 nitrogen and oxygen atoms in total. The van der Waals surface area contributed by atoms with Crippen LogP contribution in [-0.4, -0.2) is 41.4 Å². The summed E-state index contributed by atoms with van der Waals surface area (Å²) in [5.41, 5.74) is 4.27. The van der Waals surface area contributed by atoms with Crippen molar-refractivity contribution in [2.75, 3.05) is 20.2 Å². The summed E-state index contributed by atoms with van der Waals surface area (Å²) in [5.74, 6) is 0. The van der Waals surface area contributed by atoms with Gasteiger partial charge in [0.2, 0.25) is 0 Å². The number of nitrogens with zero attached hydrogens (tertiary/aromatic N) is 1. The fraction of sp³-hybridized carbons (Fsp3) is 0.571. The number of hydrogen-bond donors (Lipinski definition) is 2. The Hall–Kier alpha value is -0.900. The van der Waals surface area contributed by atoms with Gasteiger partial charge in [-0.05, 0) is 43.0 Å². The Kier molecular flexibility index (Phi) is 4.15. The molecule has 0 fully saturated rings. The molecule has 0 radical (unpaired) electrons. The molecule has 0 saturated carbocycles. The molecule has 1 aliphatic carbocycles. The van der Waals surface area contributed by atoms with E-state index < -0.39 is 6.10 Å². The fourth-order valence-corrected chi connectivity index (χ4v) is 2.52.